The van der Waals surface area contributed by atoms with Crippen LogP contribution in [0, 0.1) is 5.41 Å². The van der Waals surface area contributed by atoms with Gasteiger partial charge >= 0.3 is 5.97 Å². The van der Waals surface area contributed by atoms with Gasteiger partial charge in [-0.3, -0.25) is 4.79 Å². The van der Waals surface area contributed by atoms with E-state index in [2.05, 4.69) is 0 Å². The molecule has 1 aliphatic carbocycles. The summed E-state index contributed by atoms with van der Waals surface area (Å²) in [5, 5.41) is 8.89. The fourth-order valence-corrected chi connectivity index (χ4v) is 3.95. The van der Waals surface area contributed by atoms with Crippen molar-refractivity contribution in [1.82, 2.24) is 0 Å². The zero-order valence-electron chi connectivity index (χ0n) is 7.69. The van der Waals surface area contributed by atoms with Crippen LogP contribution in [-0.4, -0.2) is 36.5 Å². The molecule has 2 fully saturated rings. The molecule has 1 atom stereocenters. The third kappa shape index (κ3) is 1.17. The second kappa shape index (κ2) is 2.49. The Morgan fingerprint density at radius 2 is 1.79 bits per heavy atom. The third-order valence-electron chi connectivity index (χ3n) is 3.60. The molecule has 0 amide bonds. The number of hydrogen-bond acceptors (Lipinski definition) is 4. The molecule has 14 heavy (non-hydrogen) atoms. The first kappa shape index (κ1) is 9.92. The Balaban J connectivity index is 2.15. The van der Waals surface area contributed by atoms with Crippen LogP contribution >= 0.6 is 0 Å². The highest BCUT2D eigenvalue weighted by molar-refractivity contribution is 7.91. The molecule has 0 bridgehead atoms. The van der Waals surface area contributed by atoms with Crippen LogP contribution in [0.1, 0.15) is 19.3 Å². The van der Waals surface area contributed by atoms with Crippen LogP contribution in [0.3, 0.4) is 0 Å². The van der Waals surface area contributed by atoms with E-state index in [4.69, 9.17) is 10.8 Å². The zero-order valence-corrected chi connectivity index (χ0v) is 8.51. The summed E-state index contributed by atoms with van der Waals surface area (Å²) in [6.45, 7) is 0. The second-order valence-corrected chi connectivity index (χ2v) is 6.69. The Hall–Kier alpha value is -0.620. The Bertz CT molecular complexity index is 374. The van der Waals surface area contributed by atoms with Gasteiger partial charge in [-0.05, 0) is 19.3 Å². The summed E-state index contributed by atoms with van der Waals surface area (Å²) in [5.74, 6) is -0.838. The minimum atomic E-state index is -2.94. The van der Waals surface area contributed by atoms with Gasteiger partial charge < -0.3 is 10.8 Å². The molecule has 6 heteroatoms. The van der Waals surface area contributed by atoms with Crippen LogP contribution in [0.4, 0.5) is 0 Å². The van der Waals surface area contributed by atoms with Crippen molar-refractivity contribution in [2.45, 2.75) is 24.8 Å². The molecule has 0 radical (unpaired) electrons. The average Bonchev–Trinajstić information content (AvgIpc) is 2.67. The lowest BCUT2D eigenvalue weighted by Crippen LogP contribution is -2.42. The van der Waals surface area contributed by atoms with Crippen LogP contribution in [0.5, 0.6) is 0 Å². The van der Waals surface area contributed by atoms with Gasteiger partial charge in [0.2, 0.25) is 0 Å². The zero-order chi connectivity index (χ0) is 10.6. The Kier molecular flexibility index (Phi) is 1.76. The fraction of sp³-hybridized carbons (Fsp3) is 0.875. The van der Waals surface area contributed by atoms with Crippen molar-refractivity contribution in [2.75, 3.05) is 11.5 Å². The van der Waals surface area contributed by atoms with E-state index < -0.39 is 26.8 Å². The van der Waals surface area contributed by atoms with Crippen molar-refractivity contribution in [3.05, 3.63) is 0 Å². The highest BCUT2D eigenvalue weighted by atomic mass is 32.2. The predicted octanol–water partition coefficient (Wildman–Crippen LogP) is -0.633. The number of sulfone groups is 1. The Labute approximate surface area is 82.2 Å². The van der Waals surface area contributed by atoms with Crippen LogP contribution in [0.15, 0.2) is 0 Å². The standard InChI is InChI=1S/C8H13NO4S/c9-8(6(10)11)5-7(8)1-3-14(12,13)4-2-7/h1-5,9H2,(H,10,11). The highest BCUT2D eigenvalue weighted by Gasteiger charge is 2.70. The van der Waals surface area contributed by atoms with Gasteiger partial charge in [-0.2, -0.15) is 0 Å². The van der Waals surface area contributed by atoms with E-state index >= 15 is 0 Å². The van der Waals surface area contributed by atoms with Crippen molar-refractivity contribution in [1.29, 1.82) is 0 Å². The van der Waals surface area contributed by atoms with E-state index in [1.165, 1.54) is 0 Å². The molecule has 5 nitrogen and oxygen atoms in total. The average molecular weight is 219 g/mol. The van der Waals surface area contributed by atoms with E-state index in [1.54, 1.807) is 0 Å². The number of carbonyl (C=O) groups is 1. The number of hydrogen-bond donors (Lipinski definition) is 2. The molecule has 3 N–H and O–H groups in total. The first-order valence-electron chi connectivity index (χ1n) is 4.54. The molecule has 2 rings (SSSR count). The van der Waals surface area contributed by atoms with Gasteiger partial charge in [0.05, 0.1) is 11.5 Å². The molecule has 0 aromatic heterocycles. The van der Waals surface area contributed by atoms with Crippen LogP contribution in [0.2, 0.25) is 0 Å². The molecule has 1 aliphatic heterocycles. The first-order valence-corrected chi connectivity index (χ1v) is 6.36. The lowest BCUT2D eigenvalue weighted by Gasteiger charge is -2.24. The van der Waals surface area contributed by atoms with E-state index in [0.717, 1.165) is 0 Å². The minimum absolute atomic E-state index is 0.0826. The lowest BCUT2D eigenvalue weighted by molar-refractivity contribution is -0.140. The molecule has 80 valence electrons. The summed E-state index contributed by atoms with van der Waals surface area (Å²) in [4.78, 5) is 10.8. The summed E-state index contributed by atoms with van der Waals surface area (Å²) in [7, 11) is -2.94. The fourth-order valence-electron chi connectivity index (χ4n) is 2.34. The summed E-state index contributed by atoms with van der Waals surface area (Å²) < 4.78 is 22.3. The third-order valence-corrected chi connectivity index (χ3v) is 5.26. The maximum Gasteiger partial charge on any atom is 0.324 e. The monoisotopic (exact) mass is 219 g/mol. The quantitative estimate of drug-likeness (QED) is 0.611. The number of aliphatic carboxylic acids is 1. The molecule has 1 saturated carbocycles. The molecular formula is C8H13NO4S. The smallest absolute Gasteiger partial charge is 0.324 e. The van der Waals surface area contributed by atoms with Crippen molar-refractivity contribution < 1.29 is 18.3 Å². The summed E-state index contributed by atoms with van der Waals surface area (Å²) in [6, 6.07) is 0. The first-order chi connectivity index (χ1) is 6.31. The Morgan fingerprint density at radius 1 is 1.29 bits per heavy atom. The normalized spacial score (nSPS) is 38.1. The van der Waals surface area contributed by atoms with Crippen LogP contribution in [0.25, 0.3) is 0 Å². The molecular weight excluding hydrogens is 206 g/mol. The molecule has 1 heterocycles. The van der Waals surface area contributed by atoms with Gasteiger partial charge in [0, 0.05) is 5.41 Å². The lowest BCUT2D eigenvalue weighted by atomic mass is 9.93. The van der Waals surface area contributed by atoms with Crippen LogP contribution in [-0.2, 0) is 14.6 Å². The molecule has 0 aromatic rings. The topological polar surface area (TPSA) is 97.5 Å². The van der Waals surface area contributed by atoms with Crippen molar-refractivity contribution in [3.63, 3.8) is 0 Å². The van der Waals surface area contributed by atoms with Gasteiger partial charge in [0.25, 0.3) is 0 Å². The second-order valence-electron chi connectivity index (χ2n) is 4.39. The van der Waals surface area contributed by atoms with Gasteiger partial charge in [0.1, 0.15) is 15.4 Å². The van der Waals surface area contributed by atoms with E-state index in [0.29, 0.717) is 19.3 Å². The number of carboxylic acids is 1. The van der Waals surface area contributed by atoms with E-state index in [1.807, 2.05) is 0 Å². The molecule has 2 aliphatic rings. The van der Waals surface area contributed by atoms with Crippen molar-refractivity contribution >= 4 is 15.8 Å². The van der Waals surface area contributed by atoms with Crippen molar-refractivity contribution in [3.8, 4) is 0 Å². The summed E-state index contributed by atoms with van der Waals surface area (Å²) in [6.07, 6.45) is 1.22. The molecule has 1 saturated heterocycles. The Morgan fingerprint density at radius 3 is 2.14 bits per heavy atom. The number of nitrogens with two attached hydrogens (primary N) is 1. The summed E-state index contributed by atoms with van der Waals surface area (Å²) >= 11 is 0. The number of rotatable bonds is 1. The van der Waals surface area contributed by atoms with E-state index in [9.17, 15) is 13.2 Å². The highest BCUT2D eigenvalue weighted by Crippen LogP contribution is 2.61. The predicted molar refractivity (Wildman–Crippen MR) is 49.5 cm³/mol. The largest absolute Gasteiger partial charge is 0.480 e. The van der Waals surface area contributed by atoms with Gasteiger partial charge in [-0.1, -0.05) is 0 Å². The molecule has 0 aromatic carbocycles. The summed E-state index contributed by atoms with van der Waals surface area (Å²) in [5.41, 5.74) is 4.09. The minimum Gasteiger partial charge on any atom is -0.480 e. The molecule has 1 spiro atoms. The van der Waals surface area contributed by atoms with Crippen molar-refractivity contribution in [2.24, 2.45) is 11.1 Å². The van der Waals surface area contributed by atoms with Crippen LogP contribution < -0.4 is 5.73 Å². The number of carboxylic acid groups (broad SMARTS) is 1. The van der Waals surface area contributed by atoms with Gasteiger partial charge in [-0.15, -0.1) is 0 Å². The van der Waals surface area contributed by atoms with Gasteiger partial charge in [0.15, 0.2) is 0 Å². The maximum absolute atomic E-state index is 11.2. The van der Waals surface area contributed by atoms with E-state index in [-0.39, 0.29) is 11.5 Å². The maximum atomic E-state index is 11.2. The van der Waals surface area contributed by atoms with Gasteiger partial charge in [-0.25, -0.2) is 8.42 Å². The SMILES string of the molecule is NC1(C(=O)O)CC12CCS(=O)(=O)CC2. The molecule has 1 unspecified atom stereocenters.